The van der Waals surface area contributed by atoms with Crippen LogP contribution >= 0.6 is 0 Å². The number of ether oxygens (including phenoxy) is 1. The van der Waals surface area contributed by atoms with Gasteiger partial charge < -0.3 is 14.4 Å². The number of hydrogen-bond acceptors (Lipinski definition) is 7. The highest BCUT2D eigenvalue weighted by Crippen LogP contribution is 2.41. The van der Waals surface area contributed by atoms with Crippen LogP contribution in [0.5, 0.6) is 5.75 Å². The maximum Gasteiger partial charge on any atom is 0.301 e. The van der Waals surface area contributed by atoms with Gasteiger partial charge in [0.2, 0.25) is 0 Å². The fourth-order valence-electron chi connectivity index (χ4n) is 3.47. The molecule has 8 heteroatoms. The van der Waals surface area contributed by atoms with E-state index in [1.54, 1.807) is 61.8 Å². The number of carbonyl (C=O) groups is 2. The molecular weight excluding hydrogens is 398 g/mol. The largest absolute Gasteiger partial charge is 0.507 e. The molecule has 8 nitrogen and oxygen atoms in total. The van der Waals surface area contributed by atoms with Crippen molar-refractivity contribution in [3.8, 4) is 5.75 Å². The molecule has 1 atom stereocenters. The molecule has 4 rings (SSSR count). The van der Waals surface area contributed by atoms with Crippen molar-refractivity contribution >= 4 is 23.3 Å². The normalized spacial score (nSPS) is 17.9. The summed E-state index contributed by atoms with van der Waals surface area (Å²) in [6.45, 7) is 4.27. The lowest BCUT2D eigenvalue weighted by Crippen LogP contribution is -2.29. The standard InChI is InChI=1S/C23H21N3O5/c1-3-11-30-17-8-6-15(7-9-17)21(27)19-20(16-5-4-10-24-13-16)26(23(29)22(19)28)18-12-14(2)31-25-18/h4-10,12-13,20,27H,3,11H2,1-2H3/b21-19+/t20-/m0/s1. The Balaban J connectivity index is 1.82. The summed E-state index contributed by atoms with van der Waals surface area (Å²) in [5.41, 5.74) is 0.916. The molecule has 0 saturated carbocycles. The topological polar surface area (TPSA) is 106 Å². The van der Waals surface area contributed by atoms with Gasteiger partial charge in [-0.3, -0.25) is 19.5 Å². The Morgan fingerprint density at radius 1 is 1.23 bits per heavy atom. The Hall–Kier alpha value is -3.94. The van der Waals surface area contributed by atoms with Crippen LogP contribution in [0.2, 0.25) is 0 Å². The predicted molar refractivity (Wildman–Crippen MR) is 112 cm³/mol. The van der Waals surface area contributed by atoms with E-state index in [0.717, 1.165) is 6.42 Å². The summed E-state index contributed by atoms with van der Waals surface area (Å²) < 4.78 is 10.7. The number of hydrogen-bond donors (Lipinski definition) is 1. The number of Topliss-reactive ketones (excluding diaryl/α,β-unsaturated/α-hetero) is 1. The Morgan fingerprint density at radius 2 is 2.00 bits per heavy atom. The minimum absolute atomic E-state index is 0.0409. The van der Waals surface area contributed by atoms with Gasteiger partial charge in [-0.2, -0.15) is 0 Å². The van der Waals surface area contributed by atoms with Crippen LogP contribution in [0, 0.1) is 6.92 Å². The van der Waals surface area contributed by atoms with E-state index in [1.807, 2.05) is 6.92 Å². The number of amides is 1. The Kier molecular flexibility index (Phi) is 5.53. The van der Waals surface area contributed by atoms with Gasteiger partial charge in [0.05, 0.1) is 18.2 Å². The van der Waals surface area contributed by atoms with Gasteiger partial charge in [0.15, 0.2) is 5.82 Å². The fraction of sp³-hybridized carbons (Fsp3) is 0.217. The fourth-order valence-corrected chi connectivity index (χ4v) is 3.47. The summed E-state index contributed by atoms with van der Waals surface area (Å²) in [7, 11) is 0. The number of pyridine rings is 1. The van der Waals surface area contributed by atoms with E-state index in [0.29, 0.717) is 29.2 Å². The molecule has 1 aliphatic heterocycles. The van der Waals surface area contributed by atoms with Crippen LogP contribution in [0.15, 0.2) is 65.0 Å². The average Bonchev–Trinajstić information content (AvgIpc) is 3.33. The minimum Gasteiger partial charge on any atom is -0.507 e. The summed E-state index contributed by atoms with van der Waals surface area (Å²) in [4.78, 5) is 31.2. The number of ketones is 1. The quantitative estimate of drug-likeness (QED) is 0.368. The molecule has 0 spiro atoms. The SMILES string of the molecule is CCCOc1ccc(/C(O)=C2\C(=O)C(=O)N(c3cc(C)on3)[C@H]2c2cccnc2)cc1. The molecule has 1 fully saturated rings. The van der Waals surface area contributed by atoms with Gasteiger partial charge in [0, 0.05) is 24.0 Å². The Bertz CT molecular complexity index is 1140. The van der Waals surface area contributed by atoms with Gasteiger partial charge in [-0.15, -0.1) is 0 Å². The van der Waals surface area contributed by atoms with Crippen LogP contribution < -0.4 is 9.64 Å². The van der Waals surface area contributed by atoms with Crippen LogP contribution in [-0.4, -0.2) is 33.5 Å². The van der Waals surface area contributed by atoms with Crippen molar-refractivity contribution in [1.82, 2.24) is 10.1 Å². The van der Waals surface area contributed by atoms with Gasteiger partial charge in [-0.25, -0.2) is 0 Å². The second-order valence-electron chi connectivity index (χ2n) is 7.12. The van der Waals surface area contributed by atoms with E-state index in [2.05, 4.69) is 10.1 Å². The number of aliphatic hydroxyl groups is 1. The van der Waals surface area contributed by atoms with Gasteiger partial charge in [-0.1, -0.05) is 18.1 Å². The summed E-state index contributed by atoms with van der Waals surface area (Å²) in [5.74, 6) is -0.553. The van der Waals surface area contributed by atoms with Crippen molar-refractivity contribution < 1.29 is 24.0 Å². The highest BCUT2D eigenvalue weighted by atomic mass is 16.5. The zero-order chi connectivity index (χ0) is 22.0. The monoisotopic (exact) mass is 419 g/mol. The summed E-state index contributed by atoms with van der Waals surface area (Å²) in [5, 5.41) is 15.0. The van der Waals surface area contributed by atoms with Gasteiger partial charge >= 0.3 is 5.91 Å². The van der Waals surface area contributed by atoms with Crippen molar-refractivity contribution in [2.24, 2.45) is 0 Å². The van der Waals surface area contributed by atoms with Crippen molar-refractivity contribution in [2.45, 2.75) is 26.3 Å². The lowest BCUT2D eigenvalue weighted by atomic mass is 9.96. The van der Waals surface area contributed by atoms with Crippen molar-refractivity contribution in [1.29, 1.82) is 0 Å². The first kappa shape index (κ1) is 20.3. The molecule has 0 bridgehead atoms. The molecule has 158 valence electrons. The third-order valence-electron chi connectivity index (χ3n) is 4.91. The molecular formula is C23H21N3O5. The molecule has 1 aromatic carbocycles. The summed E-state index contributed by atoms with van der Waals surface area (Å²) in [6, 6.07) is 10.8. The highest BCUT2D eigenvalue weighted by Gasteiger charge is 2.48. The second-order valence-corrected chi connectivity index (χ2v) is 7.12. The lowest BCUT2D eigenvalue weighted by Gasteiger charge is -2.22. The van der Waals surface area contributed by atoms with Crippen molar-refractivity contribution in [3.63, 3.8) is 0 Å². The van der Waals surface area contributed by atoms with E-state index in [9.17, 15) is 14.7 Å². The molecule has 1 aliphatic rings. The maximum absolute atomic E-state index is 13.0. The van der Waals surface area contributed by atoms with Crippen LogP contribution in [0.25, 0.3) is 5.76 Å². The van der Waals surface area contributed by atoms with E-state index in [-0.39, 0.29) is 17.2 Å². The lowest BCUT2D eigenvalue weighted by molar-refractivity contribution is -0.132. The first-order valence-electron chi connectivity index (χ1n) is 9.88. The van der Waals surface area contributed by atoms with Gasteiger partial charge in [0.1, 0.15) is 17.3 Å². The second kappa shape index (κ2) is 8.43. The van der Waals surface area contributed by atoms with E-state index >= 15 is 0 Å². The molecule has 1 saturated heterocycles. The van der Waals surface area contributed by atoms with Crippen molar-refractivity contribution in [2.75, 3.05) is 11.5 Å². The van der Waals surface area contributed by atoms with E-state index in [4.69, 9.17) is 9.26 Å². The zero-order valence-electron chi connectivity index (χ0n) is 17.1. The van der Waals surface area contributed by atoms with Gasteiger partial charge in [-0.05, 0) is 49.2 Å². The van der Waals surface area contributed by atoms with E-state index < -0.39 is 17.7 Å². The maximum atomic E-state index is 13.0. The number of carbonyl (C=O) groups excluding carboxylic acids is 2. The summed E-state index contributed by atoms with van der Waals surface area (Å²) in [6.07, 6.45) is 4.01. The Morgan fingerprint density at radius 3 is 2.61 bits per heavy atom. The van der Waals surface area contributed by atoms with Crippen LogP contribution in [0.1, 0.15) is 36.3 Å². The number of benzene rings is 1. The first-order valence-corrected chi connectivity index (χ1v) is 9.88. The molecule has 0 aliphatic carbocycles. The summed E-state index contributed by atoms with van der Waals surface area (Å²) >= 11 is 0. The average molecular weight is 419 g/mol. The molecule has 31 heavy (non-hydrogen) atoms. The molecule has 0 radical (unpaired) electrons. The molecule has 3 heterocycles. The zero-order valence-corrected chi connectivity index (χ0v) is 17.1. The number of anilines is 1. The highest BCUT2D eigenvalue weighted by molar-refractivity contribution is 6.51. The van der Waals surface area contributed by atoms with E-state index in [1.165, 1.54) is 4.90 Å². The van der Waals surface area contributed by atoms with Gasteiger partial charge in [0.25, 0.3) is 5.78 Å². The number of nitrogens with zero attached hydrogens (tertiary/aromatic N) is 3. The van der Waals surface area contributed by atoms with Crippen LogP contribution in [0.4, 0.5) is 5.82 Å². The molecule has 1 N–H and O–H groups in total. The van der Waals surface area contributed by atoms with Crippen molar-refractivity contribution in [3.05, 3.63) is 77.3 Å². The Labute approximate surface area is 178 Å². The third kappa shape index (κ3) is 3.79. The number of rotatable bonds is 6. The number of aliphatic hydroxyl groups excluding tert-OH is 1. The van der Waals surface area contributed by atoms with Crippen LogP contribution in [0.3, 0.4) is 0 Å². The molecule has 1 amide bonds. The smallest absolute Gasteiger partial charge is 0.301 e. The molecule has 3 aromatic rings. The molecule has 0 unspecified atom stereocenters. The first-order chi connectivity index (χ1) is 15.0. The van der Waals surface area contributed by atoms with Crippen LogP contribution in [-0.2, 0) is 9.59 Å². The predicted octanol–water partition coefficient (Wildman–Crippen LogP) is 3.79. The number of aryl methyl sites for hydroxylation is 1. The minimum atomic E-state index is -0.894. The third-order valence-corrected chi connectivity index (χ3v) is 4.91. The molecule has 2 aromatic heterocycles. The number of aromatic nitrogens is 2.